The third-order valence-electron chi connectivity index (χ3n) is 1.88. The zero-order valence-electron chi connectivity index (χ0n) is 7.56. The number of hydrogen-bond donors (Lipinski definition) is 0. The van der Waals surface area contributed by atoms with E-state index in [2.05, 4.69) is 15.9 Å². The zero-order chi connectivity index (χ0) is 10.7. The van der Waals surface area contributed by atoms with Crippen LogP contribution in [0.2, 0.25) is 0 Å². The number of benzene rings is 1. The molecule has 1 atom stereocenters. The van der Waals surface area contributed by atoms with E-state index in [-0.39, 0.29) is 11.7 Å². The van der Waals surface area contributed by atoms with E-state index in [1.54, 1.807) is 18.2 Å². The standard InChI is InChI=1S/C10H9BrClFO/c1-6(14)9(11)8-4-2-3-7(5-12)10(8)13/h2-4,9H,5H2,1H3. The molecule has 0 spiro atoms. The van der Waals surface area contributed by atoms with E-state index in [4.69, 9.17) is 11.6 Å². The van der Waals surface area contributed by atoms with Crippen molar-refractivity contribution in [2.24, 2.45) is 0 Å². The number of rotatable bonds is 3. The minimum absolute atomic E-state index is 0.108. The van der Waals surface area contributed by atoms with Gasteiger partial charge < -0.3 is 0 Å². The average molecular weight is 280 g/mol. The Labute approximate surface area is 95.4 Å². The maximum atomic E-state index is 13.6. The Morgan fingerprint density at radius 1 is 1.64 bits per heavy atom. The fourth-order valence-electron chi connectivity index (χ4n) is 1.12. The predicted molar refractivity (Wildman–Crippen MR) is 58.3 cm³/mol. The van der Waals surface area contributed by atoms with Gasteiger partial charge in [0.25, 0.3) is 0 Å². The first kappa shape index (κ1) is 11.7. The van der Waals surface area contributed by atoms with Gasteiger partial charge in [-0.05, 0) is 6.92 Å². The molecule has 0 aliphatic heterocycles. The maximum Gasteiger partial charge on any atom is 0.147 e. The number of halogens is 3. The van der Waals surface area contributed by atoms with Crippen molar-refractivity contribution < 1.29 is 9.18 Å². The third kappa shape index (κ3) is 2.34. The summed E-state index contributed by atoms with van der Waals surface area (Å²) in [6.07, 6.45) is 0. The number of Topliss-reactive ketones (excluding diaryl/α,β-unsaturated/α-hetero) is 1. The zero-order valence-corrected chi connectivity index (χ0v) is 9.90. The molecule has 0 aliphatic rings. The molecular formula is C10H9BrClFO. The lowest BCUT2D eigenvalue weighted by atomic mass is 10.1. The van der Waals surface area contributed by atoms with E-state index in [0.29, 0.717) is 11.1 Å². The second-order valence-electron chi connectivity index (χ2n) is 2.93. The van der Waals surface area contributed by atoms with Gasteiger partial charge in [0.05, 0.1) is 5.88 Å². The summed E-state index contributed by atoms with van der Waals surface area (Å²) in [5.74, 6) is -0.424. The third-order valence-corrected chi connectivity index (χ3v) is 3.31. The van der Waals surface area contributed by atoms with E-state index >= 15 is 0 Å². The van der Waals surface area contributed by atoms with Crippen molar-refractivity contribution in [3.8, 4) is 0 Å². The first-order valence-corrected chi connectivity index (χ1v) is 5.50. The number of carbonyl (C=O) groups is 1. The molecule has 0 aliphatic carbocycles. The quantitative estimate of drug-likeness (QED) is 0.773. The lowest BCUT2D eigenvalue weighted by molar-refractivity contribution is -0.116. The van der Waals surface area contributed by atoms with Crippen LogP contribution < -0.4 is 0 Å². The van der Waals surface area contributed by atoms with Gasteiger partial charge >= 0.3 is 0 Å². The molecule has 0 saturated heterocycles. The van der Waals surface area contributed by atoms with Gasteiger partial charge in [-0.15, -0.1) is 11.6 Å². The molecule has 0 aromatic heterocycles. The minimum atomic E-state index is -0.592. The van der Waals surface area contributed by atoms with Crippen LogP contribution in [0.25, 0.3) is 0 Å². The Bertz CT molecular complexity index is 354. The van der Waals surface area contributed by atoms with Crippen LogP contribution in [0.15, 0.2) is 18.2 Å². The minimum Gasteiger partial charge on any atom is -0.298 e. The summed E-state index contributed by atoms with van der Waals surface area (Å²) in [4.78, 5) is 10.5. The average Bonchev–Trinajstić information content (AvgIpc) is 2.17. The molecule has 14 heavy (non-hydrogen) atoms. The molecule has 1 aromatic rings. The Hall–Kier alpha value is -0.410. The number of alkyl halides is 2. The Kier molecular flexibility index (Phi) is 4.08. The van der Waals surface area contributed by atoms with Crippen molar-refractivity contribution >= 4 is 33.3 Å². The summed E-state index contributed by atoms with van der Waals surface area (Å²) in [5.41, 5.74) is 0.755. The summed E-state index contributed by atoms with van der Waals surface area (Å²) in [6.45, 7) is 1.41. The van der Waals surface area contributed by atoms with Gasteiger partial charge in [-0.3, -0.25) is 4.79 Å². The van der Waals surface area contributed by atoms with Crippen LogP contribution >= 0.6 is 27.5 Å². The largest absolute Gasteiger partial charge is 0.298 e. The Morgan fingerprint density at radius 2 is 2.29 bits per heavy atom. The van der Waals surface area contributed by atoms with Crippen molar-refractivity contribution in [2.45, 2.75) is 17.6 Å². The van der Waals surface area contributed by atoms with Gasteiger partial charge in [0.15, 0.2) is 0 Å². The van der Waals surface area contributed by atoms with Crippen molar-refractivity contribution in [2.75, 3.05) is 0 Å². The first-order chi connectivity index (χ1) is 6.57. The predicted octanol–water partition coefficient (Wildman–Crippen LogP) is 3.59. The monoisotopic (exact) mass is 278 g/mol. The lowest BCUT2D eigenvalue weighted by Gasteiger charge is -2.09. The van der Waals surface area contributed by atoms with Crippen LogP contribution in [0, 0.1) is 5.82 Å². The summed E-state index contributed by atoms with van der Waals surface area (Å²) >= 11 is 8.68. The number of carbonyl (C=O) groups excluding carboxylic acids is 1. The summed E-state index contributed by atoms with van der Waals surface area (Å²) in [6, 6.07) is 4.87. The molecular weight excluding hydrogens is 270 g/mol. The van der Waals surface area contributed by atoms with Crippen LogP contribution in [-0.4, -0.2) is 5.78 Å². The van der Waals surface area contributed by atoms with Crippen molar-refractivity contribution in [1.29, 1.82) is 0 Å². The van der Waals surface area contributed by atoms with Crippen molar-refractivity contribution in [3.63, 3.8) is 0 Å². The van der Waals surface area contributed by atoms with E-state index in [0.717, 1.165) is 0 Å². The first-order valence-electron chi connectivity index (χ1n) is 4.05. The summed E-state index contributed by atoms with van der Waals surface area (Å²) in [7, 11) is 0. The van der Waals surface area contributed by atoms with Gasteiger partial charge in [-0.25, -0.2) is 4.39 Å². The van der Waals surface area contributed by atoms with Crippen molar-refractivity contribution in [1.82, 2.24) is 0 Å². The molecule has 0 fully saturated rings. The van der Waals surface area contributed by atoms with Crippen LogP contribution in [0.4, 0.5) is 4.39 Å². The highest BCUT2D eigenvalue weighted by Crippen LogP contribution is 2.28. The van der Waals surface area contributed by atoms with Crippen LogP contribution in [-0.2, 0) is 10.7 Å². The Morgan fingerprint density at radius 3 is 2.79 bits per heavy atom. The summed E-state index contributed by atoms with van der Waals surface area (Å²) in [5, 5.41) is 0. The second kappa shape index (κ2) is 4.89. The molecule has 1 aromatic carbocycles. The molecule has 0 heterocycles. The Balaban J connectivity index is 3.15. The smallest absolute Gasteiger partial charge is 0.147 e. The highest BCUT2D eigenvalue weighted by molar-refractivity contribution is 9.09. The normalized spacial score (nSPS) is 12.6. The van der Waals surface area contributed by atoms with E-state index in [1.165, 1.54) is 6.92 Å². The topological polar surface area (TPSA) is 17.1 Å². The van der Waals surface area contributed by atoms with E-state index < -0.39 is 10.6 Å². The lowest BCUT2D eigenvalue weighted by Crippen LogP contribution is -2.05. The molecule has 1 rings (SSSR count). The molecule has 4 heteroatoms. The molecule has 1 nitrogen and oxygen atoms in total. The molecule has 0 radical (unpaired) electrons. The van der Waals surface area contributed by atoms with Gasteiger partial charge in [0.1, 0.15) is 16.4 Å². The molecule has 0 bridgehead atoms. The van der Waals surface area contributed by atoms with Gasteiger partial charge in [0.2, 0.25) is 0 Å². The highest BCUT2D eigenvalue weighted by atomic mass is 79.9. The van der Waals surface area contributed by atoms with Crippen molar-refractivity contribution in [3.05, 3.63) is 35.1 Å². The molecule has 0 N–H and O–H groups in total. The van der Waals surface area contributed by atoms with Gasteiger partial charge in [0, 0.05) is 11.1 Å². The van der Waals surface area contributed by atoms with Gasteiger partial charge in [-0.2, -0.15) is 0 Å². The SMILES string of the molecule is CC(=O)C(Br)c1cccc(CCl)c1F. The molecule has 0 amide bonds. The maximum absolute atomic E-state index is 13.6. The molecule has 0 saturated carbocycles. The fourth-order valence-corrected chi connectivity index (χ4v) is 1.68. The fraction of sp³-hybridized carbons (Fsp3) is 0.300. The number of ketones is 1. The second-order valence-corrected chi connectivity index (χ2v) is 4.11. The number of hydrogen-bond acceptors (Lipinski definition) is 1. The van der Waals surface area contributed by atoms with Crippen LogP contribution in [0.5, 0.6) is 0 Å². The van der Waals surface area contributed by atoms with Gasteiger partial charge in [-0.1, -0.05) is 34.1 Å². The molecule has 1 unspecified atom stereocenters. The highest BCUT2D eigenvalue weighted by Gasteiger charge is 2.18. The molecule has 76 valence electrons. The van der Waals surface area contributed by atoms with Crippen LogP contribution in [0.1, 0.15) is 22.9 Å². The summed E-state index contributed by atoms with van der Waals surface area (Å²) < 4.78 is 13.6. The van der Waals surface area contributed by atoms with E-state index in [1.807, 2.05) is 0 Å². The van der Waals surface area contributed by atoms with E-state index in [9.17, 15) is 9.18 Å². The van der Waals surface area contributed by atoms with Crippen LogP contribution in [0.3, 0.4) is 0 Å².